The Bertz CT molecular complexity index is 33.8. The van der Waals surface area contributed by atoms with Gasteiger partial charge in [0.2, 0.25) is 0 Å². The van der Waals surface area contributed by atoms with Gasteiger partial charge in [-0.05, 0) is 0 Å². The molecule has 0 unspecified atom stereocenters. The maximum atomic E-state index is 8.36. The molecule has 0 aromatic heterocycles. The van der Waals surface area contributed by atoms with E-state index in [4.69, 9.17) is 15.3 Å². The zero-order valence-electron chi connectivity index (χ0n) is 2.42. The normalized spacial score (nSPS) is 4.00. The molecule has 0 fully saturated rings. The van der Waals surface area contributed by atoms with E-state index in [-0.39, 0.29) is 33.8 Å². The molecule has 0 saturated carbocycles. The van der Waals surface area contributed by atoms with Gasteiger partial charge in [0, 0.05) is 33.8 Å². The summed E-state index contributed by atoms with van der Waals surface area (Å²) in [6, 6.07) is 0. The van der Waals surface area contributed by atoms with Gasteiger partial charge in [-0.25, -0.2) is 0 Å². The van der Waals surface area contributed by atoms with E-state index in [0.29, 0.717) is 0 Å². The van der Waals surface area contributed by atoms with Gasteiger partial charge < -0.3 is 5.21 Å². The molecular formula is HCoMnNO3. The van der Waals surface area contributed by atoms with E-state index in [2.05, 4.69) is 0 Å². The third-order valence-electron chi connectivity index (χ3n) is 0. The number of hydrogen-bond donors (Lipinski definition) is 1. The predicted octanol–water partition coefficient (Wildman–Crippen LogP) is -0.353. The molecule has 0 amide bonds. The number of hydrogen-bond acceptors (Lipinski definition) is 2. The number of nitrogens with zero attached hydrogens (tertiary/aromatic N) is 1. The fourth-order valence-corrected chi connectivity index (χ4v) is 0. The Kier molecular flexibility index (Phi) is 24.4. The smallest absolute Gasteiger partial charge is 0.291 e. The monoisotopic (exact) mass is 177 g/mol. The van der Waals surface area contributed by atoms with Crippen molar-refractivity contribution in [3.8, 4) is 0 Å². The quantitative estimate of drug-likeness (QED) is 0.312. The average Bonchev–Trinajstić information content (AvgIpc) is 0.811. The van der Waals surface area contributed by atoms with Crippen molar-refractivity contribution in [2.45, 2.75) is 0 Å². The summed E-state index contributed by atoms with van der Waals surface area (Å²) >= 11 is 0. The topological polar surface area (TPSA) is 63.4 Å². The van der Waals surface area contributed by atoms with Crippen LogP contribution >= 0.6 is 0 Å². The Morgan fingerprint density at radius 2 is 1.67 bits per heavy atom. The van der Waals surface area contributed by atoms with Crippen LogP contribution in [-0.2, 0) is 33.8 Å². The standard InChI is InChI=1S/Co.Mn.HNO3/c;;2-1(3)4/h;;(H,2,3,4). The summed E-state index contributed by atoms with van der Waals surface area (Å²) in [6.45, 7) is 0. The Labute approximate surface area is 54.7 Å². The van der Waals surface area contributed by atoms with Crippen LogP contribution in [0.2, 0.25) is 0 Å². The first kappa shape index (κ1) is 16.3. The van der Waals surface area contributed by atoms with Crippen molar-refractivity contribution in [3.63, 3.8) is 0 Å². The molecule has 0 aliphatic carbocycles. The van der Waals surface area contributed by atoms with Crippen molar-refractivity contribution in [1.29, 1.82) is 0 Å². The molecule has 2 radical (unpaired) electrons. The maximum absolute atomic E-state index is 8.36. The van der Waals surface area contributed by atoms with E-state index < -0.39 is 5.09 Å². The van der Waals surface area contributed by atoms with Crippen LogP contribution in [0.1, 0.15) is 0 Å². The van der Waals surface area contributed by atoms with Crippen molar-refractivity contribution in [3.05, 3.63) is 10.1 Å². The zero-order valence-corrected chi connectivity index (χ0v) is 4.64. The molecule has 0 atom stereocenters. The SMILES string of the molecule is O=[N+]([O-])O.[Co].[Mn]. The molecule has 40 valence electrons. The summed E-state index contributed by atoms with van der Waals surface area (Å²) in [5.41, 5.74) is 0. The summed E-state index contributed by atoms with van der Waals surface area (Å²) in [5, 5.41) is 13.6. The van der Waals surface area contributed by atoms with Gasteiger partial charge in [-0.2, -0.15) is 0 Å². The van der Waals surface area contributed by atoms with E-state index in [1.807, 2.05) is 0 Å². The molecule has 0 aliphatic heterocycles. The third kappa shape index (κ3) is 861. The van der Waals surface area contributed by atoms with Gasteiger partial charge in [-0.15, -0.1) is 10.1 Å². The molecule has 4 nitrogen and oxygen atoms in total. The van der Waals surface area contributed by atoms with Crippen LogP contribution in [0.25, 0.3) is 0 Å². The average molecular weight is 177 g/mol. The van der Waals surface area contributed by atoms with Gasteiger partial charge in [0.15, 0.2) is 0 Å². The molecule has 0 bridgehead atoms. The first-order valence-electron chi connectivity index (χ1n) is 0.565. The van der Waals surface area contributed by atoms with E-state index in [9.17, 15) is 0 Å². The van der Waals surface area contributed by atoms with Crippen LogP contribution < -0.4 is 0 Å². The van der Waals surface area contributed by atoms with Crippen LogP contribution in [0.4, 0.5) is 0 Å². The molecule has 0 aromatic carbocycles. The van der Waals surface area contributed by atoms with Crippen molar-refractivity contribution < 1.29 is 44.1 Å². The van der Waals surface area contributed by atoms with Gasteiger partial charge in [-0.3, -0.25) is 0 Å². The number of rotatable bonds is 0. The maximum Gasteiger partial charge on any atom is 0.291 e. The molecular weight excluding hydrogens is 176 g/mol. The summed E-state index contributed by atoms with van der Waals surface area (Å²) in [4.78, 5) is 8.36. The van der Waals surface area contributed by atoms with Gasteiger partial charge in [-0.1, -0.05) is 0 Å². The second-order valence-electron chi connectivity index (χ2n) is 0.238. The Morgan fingerprint density at radius 3 is 1.67 bits per heavy atom. The van der Waals surface area contributed by atoms with Crippen LogP contribution in [0.3, 0.4) is 0 Å². The second kappa shape index (κ2) is 8.97. The molecule has 0 aromatic rings. The molecule has 6 heteroatoms. The molecule has 1 N–H and O–H groups in total. The van der Waals surface area contributed by atoms with Crippen molar-refractivity contribution >= 4 is 0 Å². The van der Waals surface area contributed by atoms with Gasteiger partial charge in [0.25, 0.3) is 5.09 Å². The second-order valence-corrected chi connectivity index (χ2v) is 0.238. The minimum Gasteiger partial charge on any atom is -0.328 e. The van der Waals surface area contributed by atoms with Crippen LogP contribution in [0.5, 0.6) is 0 Å². The van der Waals surface area contributed by atoms with Crippen molar-refractivity contribution in [2.75, 3.05) is 0 Å². The Balaban J connectivity index is -0.0000000450. The Morgan fingerprint density at radius 1 is 1.67 bits per heavy atom. The molecule has 6 heavy (non-hydrogen) atoms. The van der Waals surface area contributed by atoms with Crippen LogP contribution in [0, 0.1) is 10.1 Å². The Hall–Kier alpha value is 0.226. The summed E-state index contributed by atoms with van der Waals surface area (Å²) in [6.07, 6.45) is 0. The minimum absolute atomic E-state index is 0. The fraction of sp³-hybridized carbons (Fsp3) is 0. The van der Waals surface area contributed by atoms with E-state index >= 15 is 0 Å². The molecule has 0 heterocycles. The van der Waals surface area contributed by atoms with Gasteiger partial charge in [0.05, 0.1) is 0 Å². The minimum atomic E-state index is -1.50. The molecule has 0 saturated heterocycles. The van der Waals surface area contributed by atoms with Gasteiger partial charge in [0.1, 0.15) is 0 Å². The third-order valence-corrected chi connectivity index (χ3v) is 0. The van der Waals surface area contributed by atoms with Gasteiger partial charge >= 0.3 is 0 Å². The van der Waals surface area contributed by atoms with E-state index in [1.165, 1.54) is 0 Å². The first-order chi connectivity index (χ1) is 1.73. The van der Waals surface area contributed by atoms with Crippen LogP contribution in [-0.4, -0.2) is 10.3 Å². The largest absolute Gasteiger partial charge is 0.328 e. The van der Waals surface area contributed by atoms with E-state index in [0.717, 1.165) is 0 Å². The summed E-state index contributed by atoms with van der Waals surface area (Å²) in [7, 11) is 0. The van der Waals surface area contributed by atoms with Crippen LogP contribution in [0.15, 0.2) is 0 Å². The zero-order chi connectivity index (χ0) is 3.58. The summed E-state index contributed by atoms with van der Waals surface area (Å²) < 4.78 is 0. The van der Waals surface area contributed by atoms with Crippen molar-refractivity contribution in [2.24, 2.45) is 0 Å². The van der Waals surface area contributed by atoms with E-state index in [1.54, 1.807) is 0 Å². The summed E-state index contributed by atoms with van der Waals surface area (Å²) in [5.74, 6) is 0. The predicted molar refractivity (Wildman–Crippen MR) is 8.78 cm³/mol. The molecule has 0 spiro atoms. The van der Waals surface area contributed by atoms with Crippen molar-refractivity contribution in [1.82, 2.24) is 0 Å². The fourth-order valence-electron chi connectivity index (χ4n) is 0. The molecule has 0 aliphatic rings. The molecule has 0 rings (SSSR count). The first-order valence-corrected chi connectivity index (χ1v) is 0.565.